The van der Waals surface area contributed by atoms with Crippen LogP contribution in [0.2, 0.25) is 0 Å². The number of halogens is 1. The fourth-order valence-corrected chi connectivity index (χ4v) is 5.48. The quantitative estimate of drug-likeness (QED) is 0.477. The van der Waals surface area contributed by atoms with Crippen molar-refractivity contribution >= 4 is 41.3 Å². The van der Waals surface area contributed by atoms with Gasteiger partial charge >= 0.3 is 5.97 Å². The number of carboxylic acid groups (broad SMARTS) is 1. The van der Waals surface area contributed by atoms with E-state index in [2.05, 4.69) is 20.8 Å². The molecule has 0 unspecified atom stereocenters. The first-order valence-corrected chi connectivity index (χ1v) is 10.7. The van der Waals surface area contributed by atoms with Gasteiger partial charge in [0.15, 0.2) is 0 Å². The second-order valence-corrected chi connectivity index (χ2v) is 8.55. The lowest BCUT2D eigenvalue weighted by atomic mass is 10.0. The summed E-state index contributed by atoms with van der Waals surface area (Å²) in [6.45, 7) is 0. The van der Waals surface area contributed by atoms with Crippen molar-refractivity contribution in [3.05, 3.63) is 46.9 Å². The van der Waals surface area contributed by atoms with Crippen molar-refractivity contribution in [3.8, 4) is 0 Å². The normalized spacial score (nSPS) is 20.6. The number of benzene rings is 1. The van der Waals surface area contributed by atoms with Crippen molar-refractivity contribution in [1.29, 1.82) is 0 Å². The number of β-lactam (4-membered cyclic amide) rings is 1. The van der Waals surface area contributed by atoms with Gasteiger partial charge in [-0.1, -0.05) is 17.8 Å². The molecule has 0 spiro atoms. The lowest BCUT2D eigenvalue weighted by Crippen LogP contribution is -2.70. The number of amides is 2. The Morgan fingerprint density at radius 3 is 2.90 bits per heavy atom. The minimum atomic E-state index is -1.21. The second kappa shape index (κ2) is 8.07. The SMILES string of the molecule is Cn1nnnc1SCC1=C(C(=O)O)N2C(=O)[C@@H](NC(=O)c3cccc(F)c3)[C@@H]2SC1. The first-order valence-electron chi connectivity index (χ1n) is 8.68. The third kappa shape index (κ3) is 3.65. The van der Waals surface area contributed by atoms with E-state index in [1.54, 1.807) is 7.05 Å². The molecule has 0 saturated carbocycles. The van der Waals surface area contributed by atoms with E-state index in [-0.39, 0.29) is 11.3 Å². The van der Waals surface area contributed by atoms with E-state index in [1.807, 2.05) is 0 Å². The van der Waals surface area contributed by atoms with E-state index in [0.717, 1.165) is 6.07 Å². The van der Waals surface area contributed by atoms with E-state index < -0.39 is 35.0 Å². The lowest BCUT2D eigenvalue weighted by molar-refractivity contribution is -0.148. The van der Waals surface area contributed by atoms with Crippen LogP contribution >= 0.6 is 23.5 Å². The number of hydrogen-bond acceptors (Lipinski definition) is 8. The van der Waals surface area contributed by atoms with Gasteiger partial charge in [-0.15, -0.1) is 16.9 Å². The van der Waals surface area contributed by atoms with Crippen molar-refractivity contribution < 1.29 is 23.9 Å². The average molecular weight is 450 g/mol. The molecule has 0 aliphatic carbocycles. The molecule has 13 heteroatoms. The topological polar surface area (TPSA) is 130 Å². The Kier molecular flexibility index (Phi) is 5.47. The predicted molar refractivity (Wildman–Crippen MR) is 105 cm³/mol. The molecule has 1 aromatic heterocycles. The van der Waals surface area contributed by atoms with Gasteiger partial charge in [0.2, 0.25) is 5.16 Å². The molecule has 4 rings (SSSR count). The number of tetrazole rings is 1. The summed E-state index contributed by atoms with van der Waals surface area (Å²) >= 11 is 2.63. The van der Waals surface area contributed by atoms with E-state index in [4.69, 9.17) is 0 Å². The van der Waals surface area contributed by atoms with Gasteiger partial charge in [-0.2, -0.15) is 0 Å². The van der Waals surface area contributed by atoms with Crippen LogP contribution < -0.4 is 5.32 Å². The number of fused-ring (bicyclic) bond motifs is 1. The molecule has 2 N–H and O–H groups in total. The number of nitrogens with one attached hydrogen (secondary N) is 1. The molecule has 2 aliphatic heterocycles. The monoisotopic (exact) mass is 450 g/mol. The maximum Gasteiger partial charge on any atom is 0.352 e. The third-order valence-corrected chi connectivity index (χ3v) is 7.02. The second-order valence-electron chi connectivity index (χ2n) is 6.50. The molecular formula is C17H15FN6O4S2. The maximum absolute atomic E-state index is 13.3. The lowest BCUT2D eigenvalue weighted by Gasteiger charge is -2.49. The summed E-state index contributed by atoms with van der Waals surface area (Å²) < 4.78 is 14.8. The van der Waals surface area contributed by atoms with E-state index >= 15 is 0 Å². The Morgan fingerprint density at radius 1 is 1.43 bits per heavy atom. The molecule has 0 bridgehead atoms. The summed E-state index contributed by atoms with van der Waals surface area (Å²) in [6.07, 6.45) is 0. The number of carboxylic acids is 1. The Balaban J connectivity index is 1.49. The molecule has 30 heavy (non-hydrogen) atoms. The number of thioether (sulfide) groups is 2. The van der Waals surface area contributed by atoms with Crippen LogP contribution in [0.3, 0.4) is 0 Å². The van der Waals surface area contributed by atoms with Crippen molar-refractivity contribution in [2.75, 3.05) is 11.5 Å². The molecule has 1 saturated heterocycles. The van der Waals surface area contributed by atoms with Crippen LogP contribution in [-0.4, -0.2) is 70.9 Å². The minimum Gasteiger partial charge on any atom is -0.477 e. The zero-order valence-electron chi connectivity index (χ0n) is 15.5. The van der Waals surface area contributed by atoms with Gasteiger partial charge in [-0.25, -0.2) is 13.9 Å². The summed E-state index contributed by atoms with van der Waals surface area (Å²) in [4.78, 5) is 38.1. The van der Waals surface area contributed by atoms with Crippen LogP contribution in [0.25, 0.3) is 0 Å². The number of carbonyl (C=O) groups is 3. The molecule has 3 heterocycles. The van der Waals surface area contributed by atoms with Gasteiger partial charge in [0, 0.05) is 24.1 Å². The predicted octanol–water partition coefficient (Wildman–Crippen LogP) is 0.494. The van der Waals surface area contributed by atoms with Gasteiger partial charge in [-0.3, -0.25) is 14.5 Å². The molecular weight excluding hydrogens is 435 g/mol. The molecule has 1 aromatic carbocycles. The summed E-state index contributed by atoms with van der Waals surface area (Å²) in [5.41, 5.74) is 0.577. The van der Waals surface area contributed by atoms with Gasteiger partial charge in [0.25, 0.3) is 11.8 Å². The smallest absolute Gasteiger partial charge is 0.352 e. The molecule has 2 aromatic rings. The number of aliphatic carboxylic acids is 1. The zero-order valence-corrected chi connectivity index (χ0v) is 17.1. The van der Waals surface area contributed by atoms with Gasteiger partial charge < -0.3 is 10.4 Å². The highest BCUT2D eigenvalue weighted by molar-refractivity contribution is 8.01. The van der Waals surface area contributed by atoms with Crippen LogP contribution in [0.5, 0.6) is 0 Å². The van der Waals surface area contributed by atoms with Gasteiger partial charge in [0.1, 0.15) is 22.9 Å². The number of aromatic nitrogens is 4. The standard InChI is InChI=1S/C17H15FN6O4S2/c1-23-17(20-21-22-23)30-7-9-6-29-15-11(14(26)24(15)12(9)16(27)28)19-13(25)8-3-2-4-10(18)5-8/h2-5,11,15H,6-7H2,1H3,(H,19,25)(H,27,28)/t11-,15+/m1/s1. The third-order valence-electron chi connectivity index (χ3n) is 4.58. The largest absolute Gasteiger partial charge is 0.477 e. The molecule has 2 amide bonds. The number of hydrogen-bond donors (Lipinski definition) is 2. The maximum atomic E-state index is 13.3. The summed E-state index contributed by atoms with van der Waals surface area (Å²) in [5, 5.41) is 23.4. The molecule has 0 radical (unpaired) electrons. The summed E-state index contributed by atoms with van der Waals surface area (Å²) in [6, 6.07) is 4.24. The van der Waals surface area contributed by atoms with Crippen molar-refractivity contribution in [2.45, 2.75) is 16.6 Å². The summed E-state index contributed by atoms with van der Waals surface area (Å²) in [5.74, 6) is -2.20. The average Bonchev–Trinajstić information content (AvgIpc) is 3.14. The minimum absolute atomic E-state index is 0.0809. The zero-order chi connectivity index (χ0) is 21.4. The van der Waals surface area contributed by atoms with E-state index in [9.17, 15) is 23.9 Å². The van der Waals surface area contributed by atoms with Gasteiger partial charge in [-0.05, 0) is 34.2 Å². The van der Waals surface area contributed by atoms with Crippen molar-refractivity contribution in [2.24, 2.45) is 7.05 Å². The summed E-state index contributed by atoms with van der Waals surface area (Å²) in [7, 11) is 1.67. The highest BCUT2D eigenvalue weighted by Crippen LogP contribution is 2.41. The number of nitrogens with zero attached hydrogens (tertiary/aromatic N) is 5. The Morgan fingerprint density at radius 2 is 2.23 bits per heavy atom. The fourth-order valence-electron chi connectivity index (χ4n) is 3.14. The molecule has 2 aliphatic rings. The van der Waals surface area contributed by atoms with Crippen LogP contribution in [0.15, 0.2) is 40.7 Å². The van der Waals surface area contributed by atoms with Crippen LogP contribution in [0.1, 0.15) is 10.4 Å². The van der Waals surface area contributed by atoms with Crippen molar-refractivity contribution in [1.82, 2.24) is 30.4 Å². The molecule has 1 fully saturated rings. The fraction of sp³-hybridized carbons (Fsp3) is 0.294. The number of aryl methyl sites for hydroxylation is 1. The van der Waals surface area contributed by atoms with Gasteiger partial charge in [0.05, 0.1) is 0 Å². The highest BCUT2D eigenvalue weighted by Gasteiger charge is 2.54. The van der Waals surface area contributed by atoms with Crippen LogP contribution in [0, 0.1) is 5.82 Å². The highest BCUT2D eigenvalue weighted by atomic mass is 32.2. The number of carbonyl (C=O) groups excluding carboxylic acids is 2. The Bertz CT molecular complexity index is 1070. The number of rotatable bonds is 6. The molecule has 2 atom stereocenters. The first-order chi connectivity index (χ1) is 14.4. The Labute approximate surface area is 177 Å². The van der Waals surface area contributed by atoms with Crippen molar-refractivity contribution in [3.63, 3.8) is 0 Å². The molecule has 10 nitrogen and oxygen atoms in total. The van der Waals surface area contributed by atoms with E-state index in [1.165, 1.54) is 51.3 Å². The van der Waals surface area contributed by atoms with E-state index in [0.29, 0.717) is 22.2 Å². The first kappa shape index (κ1) is 20.3. The van der Waals surface area contributed by atoms with Crippen LogP contribution in [-0.2, 0) is 16.6 Å². The molecule has 156 valence electrons. The van der Waals surface area contributed by atoms with Crippen LogP contribution in [0.4, 0.5) is 4.39 Å². The Hall–Kier alpha value is -2.93.